The van der Waals surface area contributed by atoms with Crippen LogP contribution in [0, 0.1) is 0 Å². The van der Waals surface area contributed by atoms with E-state index < -0.39 is 12.5 Å². The number of hydrogen-bond acceptors (Lipinski definition) is 4. The Labute approximate surface area is 99.4 Å². The van der Waals surface area contributed by atoms with E-state index in [2.05, 4.69) is 10.1 Å². The van der Waals surface area contributed by atoms with E-state index in [9.17, 15) is 13.6 Å². The summed E-state index contributed by atoms with van der Waals surface area (Å²) in [6.07, 6.45) is 5.76. The lowest BCUT2D eigenvalue weighted by Gasteiger charge is -2.01. The smallest absolute Gasteiger partial charge is 0.266 e. The average molecular weight is 258 g/mol. The van der Waals surface area contributed by atoms with Crippen LogP contribution in [0.15, 0.2) is 29.8 Å². The van der Waals surface area contributed by atoms with Crippen molar-refractivity contribution >= 4 is 17.7 Å². The van der Waals surface area contributed by atoms with Crippen molar-refractivity contribution in [2.45, 2.75) is 11.7 Å². The highest BCUT2D eigenvalue weighted by atomic mass is 32.2. The summed E-state index contributed by atoms with van der Waals surface area (Å²) in [5.74, 6) is -0.480. The number of halogens is 2. The fourth-order valence-corrected chi connectivity index (χ4v) is 1.79. The summed E-state index contributed by atoms with van der Waals surface area (Å²) in [5.41, 5.74) is -0.0430. The fraction of sp³-hybridized carbons (Fsp3) is 0.222. The van der Waals surface area contributed by atoms with Gasteiger partial charge in [0.1, 0.15) is 0 Å². The molecule has 2 rings (SSSR count). The minimum absolute atomic E-state index is 0.0430. The summed E-state index contributed by atoms with van der Waals surface area (Å²) >= 11 is 1.29. The minimum atomic E-state index is -2.75. The van der Waals surface area contributed by atoms with E-state index in [-0.39, 0.29) is 5.69 Å². The van der Waals surface area contributed by atoms with Crippen molar-refractivity contribution in [2.75, 3.05) is 6.26 Å². The zero-order chi connectivity index (χ0) is 12.4. The van der Waals surface area contributed by atoms with Crippen molar-refractivity contribution in [1.82, 2.24) is 19.3 Å². The van der Waals surface area contributed by atoms with Crippen LogP contribution in [0.2, 0.25) is 0 Å². The zero-order valence-electron chi connectivity index (χ0n) is 8.75. The Morgan fingerprint density at radius 1 is 1.47 bits per heavy atom. The Hall–Kier alpha value is -1.70. The Morgan fingerprint density at radius 2 is 2.24 bits per heavy atom. The molecule has 0 spiro atoms. The van der Waals surface area contributed by atoms with Crippen LogP contribution in [-0.2, 0) is 0 Å². The van der Waals surface area contributed by atoms with E-state index in [1.54, 1.807) is 6.26 Å². The number of carbonyl (C=O) groups excluding carboxylic acids is 1. The fourth-order valence-electron chi connectivity index (χ4n) is 1.28. The molecule has 0 aliphatic carbocycles. The molecule has 5 nitrogen and oxygen atoms in total. The van der Waals surface area contributed by atoms with Gasteiger partial charge in [-0.25, -0.2) is 9.67 Å². The van der Waals surface area contributed by atoms with Gasteiger partial charge in [-0.1, -0.05) is 11.8 Å². The summed E-state index contributed by atoms with van der Waals surface area (Å²) in [7, 11) is 0. The highest BCUT2D eigenvalue weighted by Gasteiger charge is 2.17. The van der Waals surface area contributed by atoms with Crippen LogP contribution in [0.25, 0.3) is 0 Å². The molecule has 0 aliphatic rings. The molecular weight excluding hydrogens is 250 g/mol. The number of thioether (sulfide) groups is 1. The topological polar surface area (TPSA) is 52.7 Å². The highest BCUT2D eigenvalue weighted by molar-refractivity contribution is 7.98. The zero-order valence-corrected chi connectivity index (χ0v) is 9.56. The predicted molar refractivity (Wildman–Crippen MR) is 57.2 cm³/mol. The minimum Gasteiger partial charge on any atom is -0.266 e. The molecular formula is C9H8F2N4OS. The van der Waals surface area contributed by atoms with Crippen LogP contribution in [0.1, 0.15) is 17.0 Å². The van der Waals surface area contributed by atoms with Crippen molar-refractivity contribution in [3.63, 3.8) is 0 Å². The number of aromatic nitrogens is 4. The van der Waals surface area contributed by atoms with E-state index in [0.29, 0.717) is 9.84 Å². The lowest BCUT2D eigenvalue weighted by Crippen LogP contribution is -2.13. The molecule has 0 N–H and O–H groups in total. The molecule has 0 saturated heterocycles. The van der Waals surface area contributed by atoms with Gasteiger partial charge < -0.3 is 0 Å². The van der Waals surface area contributed by atoms with Gasteiger partial charge in [-0.15, -0.1) is 0 Å². The second kappa shape index (κ2) is 4.66. The highest BCUT2D eigenvalue weighted by Crippen LogP contribution is 2.14. The monoisotopic (exact) mass is 258 g/mol. The van der Waals surface area contributed by atoms with Crippen LogP contribution >= 0.6 is 11.8 Å². The number of hydrogen-bond donors (Lipinski definition) is 0. The first kappa shape index (κ1) is 11.8. The molecule has 0 fully saturated rings. The molecule has 0 amide bonds. The van der Waals surface area contributed by atoms with E-state index in [4.69, 9.17) is 0 Å². The number of carbonyl (C=O) groups is 1. The molecule has 0 bridgehead atoms. The van der Waals surface area contributed by atoms with E-state index in [1.807, 2.05) is 0 Å². The third-order valence-corrected chi connectivity index (χ3v) is 2.70. The SMILES string of the molecule is CSc1nccn1C(=O)c1ccn(C(F)F)n1. The molecule has 0 unspecified atom stereocenters. The van der Waals surface area contributed by atoms with E-state index in [0.717, 1.165) is 6.20 Å². The molecule has 17 heavy (non-hydrogen) atoms. The second-order valence-electron chi connectivity index (χ2n) is 3.05. The van der Waals surface area contributed by atoms with Crippen molar-refractivity contribution in [2.24, 2.45) is 0 Å². The van der Waals surface area contributed by atoms with Gasteiger partial charge in [0.25, 0.3) is 5.91 Å². The Bertz CT molecular complexity index is 537. The summed E-state index contributed by atoms with van der Waals surface area (Å²) < 4.78 is 26.3. The average Bonchev–Trinajstić information content (AvgIpc) is 2.96. The summed E-state index contributed by atoms with van der Waals surface area (Å²) in [6, 6.07) is 1.25. The Morgan fingerprint density at radius 3 is 2.82 bits per heavy atom. The van der Waals surface area contributed by atoms with Gasteiger partial charge in [0.05, 0.1) is 0 Å². The van der Waals surface area contributed by atoms with Crippen LogP contribution < -0.4 is 0 Å². The molecule has 8 heteroatoms. The molecule has 2 heterocycles. The number of alkyl halides is 2. The third-order valence-electron chi connectivity index (χ3n) is 2.04. The van der Waals surface area contributed by atoms with Crippen molar-refractivity contribution in [1.29, 1.82) is 0 Å². The molecule has 0 atom stereocenters. The molecule has 0 aromatic carbocycles. The lowest BCUT2D eigenvalue weighted by molar-refractivity contribution is 0.0560. The first-order valence-corrected chi connectivity index (χ1v) is 5.81. The number of rotatable bonds is 3. The van der Waals surface area contributed by atoms with Crippen LogP contribution in [-0.4, -0.2) is 31.5 Å². The lowest BCUT2D eigenvalue weighted by atomic mass is 10.4. The molecule has 90 valence electrons. The van der Waals surface area contributed by atoms with Gasteiger partial charge in [0.2, 0.25) is 0 Å². The standard InChI is InChI=1S/C9H8F2N4OS/c1-17-9-12-3-5-14(9)7(16)6-2-4-15(13-6)8(10)11/h2-5,8H,1H3. The van der Waals surface area contributed by atoms with Crippen LogP contribution in [0.5, 0.6) is 0 Å². The van der Waals surface area contributed by atoms with Crippen molar-refractivity contribution in [3.8, 4) is 0 Å². The van der Waals surface area contributed by atoms with Gasteiger partial charge in [-0.2, -0.15) is 13.9 Å². The first-order valence-electron chi connectivity index (χ1n) is 4.59. The second-order valence-corrected chi connectivity index (χ2v) is 3.82. The molecule has 2 aromatic heterocycles. The van der Waals surface area contributed by atoms with Gasteiger partial charge in [0, 0.05) is 18.6 Å². The largest absolute Gasteiger partial charge is 0.333 e. The molecule has 0 saturated carbocycles. The van der Waals surface area contributed by atoms with Gasteiger partial charge >= 0.3 is 6.55 Å². The van der Waals surface area contributed by atoms with E-state index >= 15 is 0 Å². The third kappa shape index (κ3) is 2.21. The maximum Gasteiger partial charge on any atom is 0.333 e. The van der Waals surface area contributed by atoms with Gasteiger partial charge in [-0.05, 0) is 12.3 Å². The number of nitrogens with zero attached hydrogens (tertiary/aromatic N) is 4. The normalized spacial score (nSPS) is 11.1. The Kier molecular flexibility index (Phi) is 3.23. The summed E-state index contributed by atoms with van der Waals surface area (Å²) in [6.45, 7) is -2.75. The maximum absolute atomic E-state index is 12.3. The predicted octanol–water partition coefficient (Wildman–Crippen LogP) is 1.89. The van der Waals surface area contributed by atoms with Gasteiger partial charge in [0.15, 0.2) is 10.9 Å². The molecule has 2 aromatic rings. The molecule has 0 radical (unpaired) electrons. The quantitative estimate of drug-likeness (QED) is 0.789. The number of imidazole rings is 1. The van der Waals surface area contributed by atoms with E-state index in [1.165, 1.54) is 34.8 Å². The summed E-state index contributed by atoms with van der Waals surface area (Å²) in [4.78, 5) is 15.9. The first-order chi connectivity index (χ1) is 8.13. The summed E-state index contributed by atoms with van der Waals surface area (Å²) in [5, 5.41) is 3.99. The van der Waals surface area contributed by atoms with Gasteiger partial charge in [-0.3, -0.25) is 9.36 Å². The van der Waals surface area contributed by atoms with Crippen molar-refractivity contribution < 1.29 is 13.6 Å². The Balaban J connectivity index is 2.30. The van der Waals surface area contributed by atoms with Crippen LogP contribution in [0.3, 0.4) is 0 Å². The molecule has 0 aliphatic heterocycles. The van der Waals surface area contributed by atoms with Crippen LogP contribution in [0.4, 0.5) is 8.78 Å². The maximum atomic E-state index is 12.3. The van der Waals surface area contributed by atoms with Crippen molar-refractivity contribution in [3.05, 3.63) is 30.4 Å².